The molecule has 1 N–H and O–H groups in total. The summed E-state index contributed by atoms with van der Waals surface area (Å²) in [5.41, 5.74) is 1.77. The Morgan fingerprint density at radius 1 is 1.53 bits per heavy atom. The maximum atomic E-state index is 4.23. The molecule has 1 fully saturated rings. The monoisotopic (exact) mass is 235 g/mol. The maximum absolute atomic E-state index is 4.23. The van der Waals surface area contributed by atoms with Gasteiger partial charge in [0.2, 0.25) is 0 Å². The number of rotatable bonds is 7. The minimum absolute atomic E-state index is 0.423. The van der Waals surface area contributed by atoms with Gasteiger partial charge >= 0.3 is 0 Å². The smallest absolute Gasteiger partial charge is 0.0492 e. The summed E-state index contributed by atoms with van der Waals surface area (Å²) in [4.78, 5) is 0. The van der Waals surface area contributed by atoms with Crippen LogP contribution >= 0.6 is 0 Å². The van der Waals surface area contributed by atoms with Gasteiger partial charge in [0, 0.05) is 31.5 Å². The molecule has 1 aliphatic carbocycles. The van der Waals surface area contributed by atoms with Crippen molar-refractivity contribution < 1.29 is 0 Å². The summed E-state index contributed by atoms with van der Waals surface area (Å²) in [5.74, 6) is 0. The lowest BCUT2D eigenvalue weighted by atomic mass is 9.82. The van der Waals surface area contributed by atoms with Gasteiger partial charge in [0.05, 0.1) is 0 Å². The molecular weight excluding hydrogens is 210 g/mol. The molecule has 1 saturated carbocycles. The number of hydrogen-bond acceptors (Lipinski definition) is 2. The van der Waals surface area contributed by atoms with Crippen LogP contribution in [0, 0.1) is 5.41 Å². The van der Waals surface area contributed by atoms with Crippen molar-refractivity contribution in [2.75, 3.05) is 6.54 Å². The number of nitrogens with one attached hydrogen (secondary N) is 1. The largest absolute Gasteiger partial charge is 0.313 e. The number of nitrogens with zero attached hydrogens (tertiary/aromatic N) is 2. The molecule has 1 aromatic heterocycles. The van der Waals surface area contributed by atoms with Gasteiger partial charge in [-0.2, -0.15) is 5.10 Å². The minimum atomic E-state index is 0.423. The molecule has 3 heteroatoms. The first kappa shape index (κ1) is 12.6. The van der Waals surface area contributed by atoms with E-state index in [0.29, 0.717) is 5.41 Å². The van der Waals surface area contributed by atoms with Crippen LogP contribution in [0.1, 0.15) is 45.2 Å². The molecule has 1 aliphatic rings. The van der Waals surface area contributed by atoms with Gasteiger partial charge < -0.3 is 5.32 Å². The van der Waals surface area contributed by atoms with Crippen molar-refractivity contribution in [3.63, 3.8) is 0 Å². The highest BCUT2D eigenvalue weighted by molar-refractivity contribution is 5.01. The second-order valence-corrected chi connectivity index (χ2v) is 5.77. The minimum Gasteiger partial charge on any atom is -0.313 e. The molecule has 0 aromatic carbocycles. The summed E-state index contributed by atoms with van der Waals surface area (Å²) in [6.45, 7) is 5.86. The highest BCUT2D eigenvalue weighted by atomic mass is 15.2. The Hall–Kier alpha value is -0.830. The standard InChI is InChI=1S/C14H25N3/c1-4-14(2,11-15-12-5-6-12)9-7-13-8-10-16-17(13)3/h8,10,12,15H,4-7,9,11H2,1-3H3. The van der Waals surface area contributed by atoms with Gasteiger partial charge in [-0.3, -0.25) is 4.68 Å². The molecule has 0 amide bonds. The lowest BCUT2D eigenvalue weighted by Crippen LogP contribution is -2.33. The molecule has 0 saturated heterocycles. The molecule has 1 unspecified atom stereocenters. The normalized spacial score (nSPS) is 19.2. The zero-order valence-corrected chi connectivity index (χ0v) is 11.4. The zero-order valence-electron chi connectivity index (χ0n) is 11.4. The van der Waals surface area contributed by atoms with Crippen molar-refractivity contribution in [3.05, 3.63) is 18.0 Å². The Labute approximate surface area is 105 Å². The first-order valence-electron chi connectivity index (χ1n) is 6.83. The van der Waals surface area contributed by atoms with Gasteiger partial charge in [-0.25, -0.2) is 0 Å². The van der Waals surface area contributed by atoms with E-state index >= 15 is 0 Å². The molecule has 1 heterocycles. The zero-order chi connectivity index (χ0) is 12.3. The Morgan fingerprint density at radius 3 is 2.82 bits per heavy atom. The third kappa shape index (κ3) is 3.56. The van der Waals surface area contributed by atoms with E-state index in [1.807, 2.05) is 17.9 Å². The van der Waals surface area contributed by atoms with Crippen LogP contribution in [0.2, 0.25) is 0 Å². The van der Waals surface area contributed by atoms with Crippen LogP contribution in [-0.4, -0.2) is 22.4 Å². The van der Waals surface area contributed by atoms with E-state index in [1.165, 1.54) is 31.4 Å². The lowest BCUT2D eigenvalue weighted by Gasteiger charge is -2.28. The second-order valence-electron chi connectivity index (χ2n) is 5.77. The number of aryl methyl sites for hydroxylation is 2. The first-order valence-corrected chi connectivity index (χ1v) is 6.83. The molecule has 1 aromatic rings. The Morgan fingerprint density at radius 2 is 2.29 bits per heavy atom. The molecule has 0 spiro atoms. The van der Waals surface area contributed by atoms with Crippen LogP contribution in [-0.2, 0) is 13.5 Å². The van der Waals surface area contributed by atoms with Crippen LogP contribution in [0.4, 0.5) is 0 Å². The van der Waals surface area contributed by atoms with Crippen molar-refractivity contribution in [2.24, 2.45) is 12.5 Å². The summed E-state index contributed by atoms with van der Waals surface area (Å²) in [6, 6.07) is 2.95. The van der Waals surface area contributed by atoms with Gasteiger partial charge in [0.1, 0.15) is 0 Å². The van der Waals surface area contributed by atoms with E-state index in [4.69, 9.17) is 0 Å². The van der Waals surface area contributed by atoms with Crippen LogP contribution in [0.5, 0.6) is 0 Å². The van der Waals surface area contributed by atoms with E-state index < -0.39 is 0 Å². The Balaban J connectivity index is 1.82. The van der Waals surface area contributed by atoms with Crippen LogP contribution < -0.4 is 5.32 Å². The molecule has 3 nitrogen and oxygen atoms in total. The fraction of sp³-hybridized carbons (Fsp3) is 0.786. The van der Waals surface area contributed by atoms with Gasteiger partial charge in [-0.1, -0.05) is 13.8 Å². The van der Waals surface area contributed by atoms with E-state index in [1.54, 1.807) is 0 Å². The van der Waals surface area contributed by atoms with Crippen LogP contribution in [0.25, 0.3) is 0 Å². The average Bonchev–Trinajstić information content (AvgIpc) is 3.07. The molecule has 0 aliphatic heterocycles. The fourth-order valence-electron chi connectivity index (χ4n) is 2.14. The third-order valence-corrected chi connectivity index (χ3v) is 4.16. The lowest BCUT2D eigenvalue weighted by molar-refractivity contribution is 0.266. The van der Waals surface area contributed by atoms with Crippen molar-refractivity contribution in [1.82, 2.24) is 15.1 Å². The highest BCUT2D eigenvalue weighted by Crippen LogP contribution is 2.29. The van der Waals surface area contributed by atoms with Gasteiger partial charge in [-0.15, -0.1) is 0 Å². The summed E-state index contributed by atoms with van der Waals surface area (Å²) >= 11 is 0. The Bertz CT molecular complexity index is 354. The SMILES string of the molecule is CCC(C)(CCc1ccnn1C)CNC1CC1. The Kier molecular flexibility index (Phi) is 3.87. The number of hydrogen-bond donors (Lipinski definition) is 1. The van der Waals surface area contributed by atoms with E-state index in [-0.39, 0.29) is 0 Å². The van der Waals surface area contributed by atoms with E-state index in [9.17, 15) is 0 Å². The molecule has 96 valence electrons. The summed E-state index contributed by atoms with van der Waals surface area (Å²) in [6.07, 6.45) is 8.25. The highest BCUT2D eigenvalue weighted by Gasteiger charge is 2.27. The van der Waals surface area contributed by atoms with Gasteiger partial charge in [0.25, 0.3) is 0 Å². The van der Waals surface area contributed by atoms with Crippen molar-refractivity contribution in [2.45, 2.75) is 52.0 Å². The quantitative estimate of drug-likeness (QED) is 0.787. The molecular formula is C14H25N3. The summed E-state index contributed by atoms with van der Waals surface area (Å²) < 4.78 is 1.99. The summed E-state index contributed by atoms with van der Waals surface area (Å²) in [5, 5.41) is 7.90. The van der Waals surface area contributed by atoms with Crippen LogP contribution in [0.15, 0.2) is 12.3 Å². The average molecular weight is 235 g/mol. The number of aromatic nitrogens is 2. The molecule has 17 heavy (non-hydrogen) atoms. The molecule has 1 atom stereocenters. The maximum Gasteiger partial charge on any atom is 0.0492 e. The van der Waals surface area contributed by atoms with Crippen LogP contribution in [0.3, 0.4) is 0 Å². The summed E-state index contributed by atoms with van der Waals surface area (Å²) in [7, 11) is 2.03. The predicted octanol–water partition coefficient (Wildman–Crippen LogP) is 2.52. The van der Waals surface area contributed by atoms with Crippen molar-refractivity contribution >= 4 is 0 Å². The van der Waals surface area contributed by atoms with Crippen molar-refractivity contribution in [3.8, 4) is 0 Å². The van der Waals surface area contributed by atoms with E-state index in [2.05, 4.69) is 30.3 Å². The predicted molar refractivity (Wildman–Crippen MR) is 71.0 cm³/mol. The fourth-order valence-corrected chi connectivity index (χ4v) is 2.14. The second kappa shape index (κ2) is 5.21. The van der Waals surface area contributed by atoms with Gasteiger partial charge in [-0.05, 0) is 43.6 Å². The van der Waals surface area contributed by atoms with Crippen molar-refractivity contribution in [1.29, 1.82) is 0 Å². The van der Waals surface area contributed by atoms with E-state index in [0.717, 1.165) is 19.0 Å². The molecule has 0 bridgehead atoms. The molecule has 2 rings (SSSR count). The first-order chi connectivity index (χ1) is 8.13. The molecule has 0 radical (unpaired) electrons. The topological polar surface area (TPSA) is 29.9 Å². The van der Waals surface area contributed by atoms with Gasteiger partial charge in [0.15, 0.2) is 0 Å². The third-order valence-electron chi connectivity index (χ3n) is 4.16.